The smallest absolute Gasteiger partial charge is 0.224 e. The van der Waals surface area contributed by atoms with E-state index >= 15 is 0 Å². The van der Waals surface area contributed by atoms with Crippen LogP contribution in [0, 0.1) is 0 Å². The van der Waals surface area contributed by atoms with Gasteiger partial charge in [-0.3, -0.25) is 0 Å². The summed E-state index contributed by atoms with van der Waals surface area (Å²) in [6.45, 7) is 7.05. The maximum Gasteiger partial charge on any atom is 0.224 e. The van der Waals surface area contributed by atoms with E-state index < -0.39 is 14.6 Å². The minimum Gasteiger partial charge on any atom is -0.377 e. The summed E-state index contributed by atoms with van der Waals surface area (Å²) in [5.74, 6) is 0.597. The molecule has 146 valence electrons. The van der Waals surface area contributed by atoms with Crippen molar-refractivity contribution in [3.8, 4) is 0 Å². The van der Waals surface area contributed by atoms with Crippen molar-refractivity contribution in [3.63, 3.8) is 0 Å². The number of nitrogens with zero attached hydrogens (tertiary/aromatic N) is 3. The predicted octanol–water partition coefficient (Wildman–Crippen LogP) is 3.72. The van der Waals surface area contributed by atoms with Crippen molar-refractivity contribution in [1.29, 1.82) is 0 Å². The van der Waals surface area contributed by atoms with Crippen LogP contribution in [0.15, 0.2) is 35.2 Å². The third-order valence-corrected chi connectivity index (χ3v) is 7.63. The van der Waals surface area contributed by atoms with Crippen molar-refractivity contribution in [2.24, 2.45) is 0 Å². The first-order valence-corrected chi connectivity index (χ1v) is 10.8. The summed E-state index contributed by atoms with van der Waals surface area (Å²) in [5, 5.41) is 0.487. The van der Waals surface area contributed by atoms with E-state index in [0.29, 0.717) is 36.3 Å². The fourth-order valence-corrected chi connectivity index (χ4v) is 4.74. The van der Waals surface area contributed by atoms with Gasteiger partial charge in [0.2, 0.25) is 5.28 Å². The molecule has 1 saturated heterocycles. The summed E-state index contributed by atoms with van der Waals surface area (Å²) in [7, 11) is -3.74. The van der Waals surface area contributed by atoms with Crippen molar-refractivity contribution >= 4 is 38.9 Å². The van der Waals surface area contributed by atoms with Gasteiger partial charge in [-0.05, 0) is 56.6 Å². The second-order valence-corrected chi connectivity index (χ2v) is 10.2. The van der Waals surface area contributed by atoms with Gasteiger partial charge >= 0.3 is 0 Å². The van der Waals surface area contributed by atoms with E-state index in [0.717, 1.165) is 0 Å². The molecule has 1 aliphatic rings. The normalized spacial score (nSPS) is 18.6. The molecule has 3 rings (SSSR count). The number of anilines is 1. The van der Waals surface area contributed by atoms with Crippen molar-refractivity contribution < 1.29 is 13.2 Å². The summed E-state index contributed by atoms with van der Waals surface area (Å²) in [6.07, 6.45) is 0. The van der Waals surface area contributed by atoms with Crippen LogP contribution in [0.3, 0.4) is 0 Å². The number of hydrogen-bond donors (Lipinski definition) is 0. The SMILES string of the molecule is C[C@H]1COCCN1c1cc(C(C)(C)S(=O)(=O)c2ccc(Cl)cc2)nc(Cl)n1. The maximum atomic E-state index is 13.2. The molecule has 0 N–H and O–H groups in total. The third-order valence-electron chi connectivity index (χ3n) is 4.76. The summed E-state index contributed by atoms with van der Waals surface area (Å²) in [5.41, 5.74) is 0.339. The molecule has 27 heavy (non-hydrogen) atoms. The molecule has 0 spiro atoms. The largest absolute Gasteiger partial charge is 0.377 e. The first-order valence-electron chi connectivity index (χ1n) is 8.52. The van der Waals surface area contributed by atoms with E-state index in [-0.39, 0.29) is 16.2 Å². The van der Waals surface area contributed by atoms with Crippen LogP contribution in [0.4, 0.5) is 5.82 Å². The number of hydrogen-bond acceptors (Lipinski definition) is 6. The summed E-state index contributed by atoms with van der Waals surface area (Å²) < 4.78 is 30.6. The Bertz CT molecular complexity index is 933. The standard InChI is InChI=1S/C18H21Cl2N3O3S/c1-12-11-26-9-8-23(12)16-10-15(21-17(20)22-16)18(2,3)27(24,25)14-6-4-13(19)5-7-14/h4-7,10,12H,8-9,11H2,1-3H3/t12-/m0/s1. The van der Waals surface area contributed by atoms with Gasteiger partial charge in [0.15, 0.2) is 9.84 Å². The lowest BCUT2D eigenvalue weighted by Gasteiger charge is -2.35. The van der Waals surface area contributed by atoms with Gasteiger partial charge in [-0.2, -0.15) is 0 Å². The zero-order chi connectivity index (χ0) is 19.8. The number of aromatic nitrogens is 2. The van der Waals surface area contributed by atoms with E-state index in [1.54, 1.807) is 32.0 Å². The van der Waals surface area contributed by atoms with Crippen molar-refractivity contribution in [2.75, 3.05) is 24.7 Å². The highest BCUT2D eigenvalue weighted by Crippen LogP contribution is 2.36. The van der Waals surface area contributed by atoms with Gasteiger partial charge in [-0.15, -0.1) is 0 Å². The minimum atomic E-state index is -3.74. The number of morpholine rings is 1. The van der Waals surface area contributed by atoms with E-state index in [9.17, 15) is 8.42 Å². The molecule has 0 aliphatic carbocycles. The zero-order valence-electron chi connectivity index (χ0n) is 15.3. The predicted molar refractivity (Wildman–Crippen MR) is 106 cm³/mol. The summed E-state index contributed by atoms with van der Waals surface area (Å²) in [4.78, 5) is 10.7. The van der Waals surface area contributed by atoms with Gasteiger partial charge < -0.3 is 9.64 Å². The zero-order valence-corrected chi connectivity index (χ0v) is 17.6. The third kappa shape index (κ3) is 3.92. The number of benzene rings is 1. The maximum absolute atomic E-state index is 13.2. The first kappa shape index (κ1) is 20.3. The Morgan fingerprint density at radius 3 is 2.48 bits per heavy atom. The molecule has 0 bridgehead atoms. The van der Waals surface area contributed by atoms with Crippen LogP contribution < -0.4 is 4.90 Å². The highest BCUT2D eigenvalue weighted by atomic mass is 35.5. The second kappa shape index (κ2) is 7.54. The van der Waals surface area contributed by atoms with Gasteiger partial charge in [0.25, 0.3) is 0 Å². The van der Waals surface area contributed by atoms with Gasteiger partial charge in [0, 0.05) is 17.6 Å². The van der Waals surface area contributed by atoms with E-state index in [1.807, 2.05) is 11.8 Å². The molecule has 0 radical (unpaired) electrons. The Hall–Kier alpha value is -1.41. The molecule has 1 aliphatic heterocycles. The van der Waals surface area contributed by atoms with Crippen LogP contribution in [-0.4, -0.2) is 44.2 Å². The number of sulfone groups is 1. The fourth-order valence-electron chi connectivity index (χ4n) is 2.97. The molecule has 2 aromatic rings. The fraction of sp³-hybridized carbons (Fsp3) is 0.444. The van der Waals surface area contributed by atoms with Crippen molar-refractivity contribution in [2.45, 2.75) is 36.5 Å². The average Bonchev–Trinajstić information content (AvgIpc) is 2.61. The van der Waals surface area contributed by atoms with Crippen LogP contribution in [0.2, 0.25) is 10.3 Å². The Morgan fingerprint density at radius 2 is 1.85 bits per heavy atom. The highest BCUT2D eigenvalue weighted by molar-refractivity contribution is 7.92. The van der Waals surface area contributed by atoms with E-state index in [4.69, 9.17) is 27.9 Å². The van der Waals surface area contributed by atoms with Crippen LogP contribution >= 0.6 is 23.2 Å². The summed E-state index contributed by atoms with van der Waals surface area (Å²) in [6, 6.07) is 7.89. The van der Waals surface area contributed by atoms with Gasteiger partial charge in [-0.25, -0.2) is 18.4 Å². The molecule has 0 saturated carbocycles. The number of ether oxygens (including phenoxy) is 1. The molecule has 0 unspecified atom stereocenters. The Morgan fingerprint density at radius 1 is 1.19 bits per heavy atom. The van der Waals surface area contributed by atoms with Crippen LogP contribution in [0.1, 0.15) is 26.5 Å². The molecular formula is C18H21Cl2N3O3S. The van der Waals surface area contributed by atoms with Crippen molar-refractivity contribution in [1.82, 2.24) is 9.97 Å². The molecule has 1 atom stereocenters. The van der Waals surface area contributed by atoms with Crippen LogP contribution in [0.5, 0.6) is 0 Å². The van der Waals surface area contributed by atoms with Gasteiger partial charge in [0.05, 0.1) is 29.8 Å². The minimum absolute atomic E-state index is 0.0144. The van der Waals surface area contributed by atoms with Crippen molar-refractivity contribution in [3.05, 3.63) is 46.3 Å². The Labute approximate surface area is 169 Å². The number of halogens is 2. The Kier molecular flexibility index (Phi) is 5.68. The lowest BCUT2D eigenvalue weighted by molar-refractivity contribution is 0.0985. The topological polar surface area (TPSA) is 72.4 Å². The van der Waals surface area contributed by atoms with Crippen LogP contribution in [0.25, 0.3) is 0 Å². The molecule has 1 aromatic carbocycles. The van der Waals surface area contributed by atoms with Gasteiger partial charge in [0.1, 0.15) is 10.6 Å². The lowest BCUT2D eigenvalue weighted by Crippen LogP contribution is -2.44. The Balaban J connectivity index is 2.04. The highest BCUT2D eigenvalue weighted by Gasteiger charge is 2.40. The van der Waals surface area contributed by atoms with E-state index in [2.05, 4.69) is 9.97 Å². The molecule has 9 heteroatoms. The lowest BCUT2D eigenvalue weighted by atomic mass is 10.1. The molecule has 6 nitrogen and oxygen atoms in total. The quantitative estimate of drug-likeness (QED) is 0.689. The average molecular weight is 430 g/mol. The molecule has 0 amide bonds. The second-order valence-electron chi connectivity index (χ2n) is 6.97. The molecular weight excluding hydrogens is 409 g/mol. The monoisotopic (exact) mass is 429 g/mol. The molecule has 1 fully saturated rings. The van der Waals surface area contributed by atoms with Gasteiger partial charge in [-0.1, -0.05) is 11.6 Å². The number of rotatable bonds is 4. The van der Waals surface area contributed by atoms with Crippen LogP contribution in [-0.2, 0) is 19.3 Å². The first-order chi connectivity index (χ1) is 12.6. The molecule has 1 aromatic heterocycles. The van der Waals surface area contributed by atoms with E-state index in [1.165, 1.54) is 12.1 Å². The molecule has 2 heterocycles. The summed E-state index contributed by atoms with van der Waals surface area (Å²) >= 11 is 12.0.